The maximum absolute atomic E-state index is 1.95. The Balaban J connectivity index is 1.41. The molecule has 5 rings (SSSR count). The summed E-state index contributed by atoms with van der Waals surface area (Å²) in [6.45, 7) is 0. The van der Waals surface area contributed by atoms with E-state index in [0.29, 0.717) is 0 Å². The van der Waals surface area contributed by atoms with Gasteiger partial charge in [0.2, 0.25) is 0 Å². The highest BCUT2D eigenvalue weighted by molar-refractivity contribution is 5.43. The molecule has 98 valence electrons. The van der Waals surface area contributed by atoms with Crippen LogP contribution in [0.5, 0.6) is 0 Å². The molecule has 0 radical (unpaired) electrons. The Labute approximate surface area is 111 Å². The highest BCUT2D eigenvalue weighted by Crippen LogP contribution is 2.63. The van der Waals surface area contributed by atoms with Gasteiger partial charge in [0.05, 0.1) is 0 Å². The minimum absolute atomic E-state index is 1.08. The van der Waals surface area contributed by atoms with Gasteiger partial charge in [-0.25, -0.2) is 0 Å². The number of allylic oxidation sites excluding steroid dienone is 2. The van der Waals surface area contributed by atoms with E-state index in [4.69, 9.17) is 0 Å². The van der Waals surface area contributed by atoms with Crippen LogP contribution in [0.3, 0.4) is 0 Å². The molecule has 18 heavy (non-hydrogen) atoms. The van der Waals surface area contributed by atoms with Crippen LogP contribution < -0.4 is 0 Å². The molecule has 0 heterocycles. The van der Waals surface area contributed by atoms with Crippen molar-refractivity contribution in [1.29, 1.82) is 0 Å². The van der Waals surface area contributed by atoms with E-state index in [1.807, 2.05) is 11.1 Å². The molecule has 0 aromatic rings. The zero-order valence-corrected chi connectivity index (χ0v) is 11.5. The van der Waals surface area contributed by atoms with Crippen molar-refractivity contribution in [3.05, 3.63) is 11.1 Å². The molecular formula is C18H26. The summed E-state index contributed by atoms with van der Waals surface area (Å²) in [7, 11) is 0. The van der Waals surface area contributed by atoms with Crippen LogP contribution in [0, 0.1) is 35.5 Å². The first kappa shape index (κ1) is 10.5. The molecular weight excluding hydrogens is 216 g/mol. The molecule has 1 unspecified atom stereocenters. The predicted molar refractivity (Wildman–Crippen MR) is 74.1 cm³/mol. The molecule has 0 amide bonds. The van der Waals surface area contributed by atoms with Crippen molar-refractivity contribution >= 4 is 0 Å². The minimum atomic E-state index is 1.08. The molecule has 0 aromatic carbocycles. The molecule has 0 spiro atoms. The van der Waals surface area contributed by atoms with Crippen LogP contribution >= 0.6 is 0 Å². The van der Waals surface area contributed by atoms with Gasteiger partial charge in [-0.1, -0.05) is 30.4 Å². The third-order valence-electron chi connectivity index (χ3n) is 7.48. The van der Waals surface area contributed by atoms with E-state index < -0.39 is 0 Å². The van der Waals surface area contributed by atoms with Crippen molar-refractivity contribution in [3.63, 3.8) is 0 Å². The molecule has 3 saturated carbocycles. The third kappa shape index (κ3) is 1.33. The van der Waals surface area contributed by atoms with Crippen LogP contribution in [0.25, 0.3) is 0 Å². The van der Waals surface area contributed by atoms with E-state index in [1.165, 1.54) is 6.42 Å². The van der Waals surface area contributed by atoms with Crippen molar-refractivity contribution < 1.29 is 0 Å². The summed E-state index contributed by atoms with van der Waals surface area (Å²) in [5.41, 5.74) is 3.86. The standard InChI is InChI=1S/C18H26/c1-2-4-13-11(3-1)5-6-15-14(13)7-8-16-17-9-12(17)10-18(15)16/h11,13-16,18H,1-10H2/t11?,13-,14+,15+,16+,18-/m0/s1. The SMILES string of the molecule is C1CC[C@H]2C(C1)CC[C@H]1[C@@H]3CC4=C(C4)[C@H]3CC[C@@H]12. The Kier molecular flexibility index (Phi) is 2.13. The van der Waals surface area contributed by atoms with Gasteiger partial charge in [0.25, 0.3) is 0 Å². The van der Waals surface area contributed by atoms with Gasteiger partial charge in [0.15, 0.2) is 0 Å². The van der Waals surface area contributed by atoms with Gasteiger partial charge in [-0.05, 0) is 80.5 Å². The summed E-state index contributed by atoms with van der Waals surface area (Å²) < 4.78 is 0. The quantitative estimate of drug-likeness (QED) is 0.527. The Hall–Kier alpha value is -0.260. The van der Waals surface area contributed by atoms with Gasteiger partial charge >= 0.3 is 0 Å². The maximum Gasteiger partial charge on any atom is -0.00998 e. The molecule has 0 aromatic heterocycles. The predicted octanol–water partition coefficient (Wildman–Crippen LogP) is 4.95. The molecule has 3 fully saturated rings. The lowest BCUT2D eigenvalue weighted by molar-refractivity contribution is -0.0173. The second-order valence-electron chi connectivity index (χ2n) is 7.97. The highest BCUT2D eigenvalue weighted by atomic mass is 14.6. The van der Waals surface area contributed by atoms with E-state index in [-0.39, 0.29) is 0 Å². The zero-order valence-electron chi connectivity index (χ0n) is 11.5. The Morgan fingerprint density at radius 1 is 0.667 bits per heavy atom. The van der Waals surface area contributed by atoms with Crippen molar-refractivity contribution in [2.75, 3.05) is 0 Å². The number of fused-ring (bicyclic) bond motifs is 6. The Morgan fingerprint density at radius 2 is 1.50 bits per heavy atom. The molecule has 0 bridgehead atoms. The number of hydrogen-bond acceptors (Lipinski definition) is 0. The number of hydrogen-bond donors (Lipinski definition) is 0. The fraction of sp³-hybridized carbons (Fsp3) is 0.889. The third-order valence-corrected chi connectivity index (χ3v) is 7.48. The van der Waals surface area contributed by atoms with Crippen molar-refractivity contribution in [2.45, 2.75) is 64.2 Å². The highest BCUT2D eigenvalue weighted by Gasteiger charge is 2.53. The first-order valence-electron chi connectivity index (χ1n) is 8.62. The van der Waals surface area contributed by atoms with E-state index in [0.717, 1.165) is 35.5 Å². The van der Waals surface area contributed by atoms with Crippen LogP contribution in [-0.4, -0.2) is 0 Å². The molecule has 0 aliphatic heterocycles. The topological polar surface area (TPSA) is 0 Å². The molecule has 5 aliphatic carbocycles. The first-order chi connectivity index (χ1) is 8.92. The summed E-state index contributed by atoms with van der Waals surface area (Å²) in [6.07, 6.45) is 15.6. The van der Waals surface area contributed by atoms with Crippen LogP contribution in [0.4, 0.5) is 0 Å². The van der Waals surface area contributed by atoms with Crippen LogP contribution in [0.2, 0.25) is 0 Å². The van der Waals surface area contributed by atoms with Crippen LogP contribution in [0.15, 0.2) is 11.1 Å². The molecule has 0 saturated heterocycles. The lowest BCUT2D eigenvalue weighted by Crippen LogP contribution is -2.44. The van der Waals surface area contributed by atoms with Gasteiger partial charge in [-0.2, -0.15) is 0 Å². The van der Waals surface area contributed by atoms with Gasteiger partial charge in [-0.3, -0.25) is 0 Å². The molecule has 5 aliphatic rings. The van der Waals surface area contributed by atoms with Crippen molar-refractivity contribution in [2.24, 2.45) is 35.5 Å². The van der Waals surface area contributed by atoms with E-state index in [9.17, 15) is 0 Å². The second kappa shape index (κ2) is 3.64. The van der Waals surface area contributed by atoms with Crippen molar-refractivity contribution in [1.82, 2.24) is 0 Å². The molecule has 0 heteroatoms. The second-order valence-corrected chi connectivity index (χ2v) is 7.97. The largest absolute Gasteiger partial charge is 0.0660 e. The lowest BCUT2D eigenvalue weighted by Gasteiger charge is -2.52. The summed E-state index contributed by atoms with van der Waals surface area (Å²) in [5, 5.41) is 0. The minimum Gasteiger partial charge on any atom is -0.0660 e. The van der Waals surface area contributed by atoms with Gasteiger partial charge in [0, 0.05) is 0 Å². The average Bonchev–Trinajstić information content (AvgIpc) is 3.10. The Morgan fingerprint density at radius 3 is 2.50 bits per heavy atom. The summed E-state index contributed by atoms with van der Waals surface area (Å²) in [5.74, 6) is 6.82. The molecule has 0 N–H and O–H groups in total. The normalized spacial score (nSPS) is 53.3. The zero-order chi connectivity index (χ0) is 11.7. The van der Waals surface area contributed by atoms with Crippen LogP contribution in [-0.2, 0) is 0 Å². The van der Waals surface area contributed by atoms with Crippen molar-refractivity contribution in [3.8, 4) is 0 Å². The first-order valence-corrected chi connectivity index (χ1v) is 8.62. The summed E-state index contributed by atoms with van der Waals surface area (Å²) in [4.78, 5) is 0. The number of rotatable bonds is 0. The van der Waals surface area contributed by atoms with E-state index in [2.05, 4.69) is 0 Å². The monoisotopic (exact) mass is 242 g/mol. The van der Waals surface area contributed by atoms with Gasteiger partial charge < -0.3 is 0 Å². The average molecular weight is 242 g/mol. The molecule has 6 atom stereocenters. The maximum atomic E-state index is 1.95. The van der Waals surface area contributed by atoms with Gasteiger partial charge in [0.1, 0.15) is 0 Å². The fourth-order valence-electron chi connectivity index (χ4n) is 6.73. The van der Waals surface area contributed by atoms with Crippen LogP contribution in [0.1, 0.15) is 64.2 Å². The smallest absolute Gasteiger partial charge is 0.00998 e. The van der Waals surface area contributed by atoms with E-state index in [1.54, 1.807) is 57.8 Å². The van der Waals surface area contributed by atoms with E-state index >= 15 is 0 Å². The van der Waals surface area contributed by atoms with Gasteiger partial charge in [-0.15, -0.1) is 0 Å². The lowest BCUT2D eigenvalue weighted by atomic mass is 9.53. The summed E-state index contributed by atoms with van der Waals surface area (Å²) in [6, 6.07) is 0. The summed E-state index contributed by atoms with van der Waals surface area (Å²) >= 11 is 0. The molecule has 0 nitrogen and oxygen atoms in total. The Bertz CT molecular complexity index is 402. The fourth-order valence-corrected chi connectivity index (χ4v) is 6.73.